The summed E-state index contributed by atoms with van der Waals surface area (Å²) in [5.41, 5.74) is 0.720. The summed E-state index contributed by atoms with van der Waals surface area (Å²) in [6.45, 7) is 2.24. The fourth-order valence-electron chi connectivity index (χ4n) is 2.22. The molecule has 1 aromatic carbocycles. The molecule has 2 nitrogen and oxygen atoms in total. The highest BCUT2D eigenvalue weighted by Crippen LogP contribution is 2.24. The molecule has 0 spiro atoms. The molecule has 1 aliphatic carbocycles. The fraction of sp³-hybridized carbons (Fsp3) is 0.462. The van der Waals surface area contributed by atoms with Crippen LogP contribution < -0.4 is 5.32 Å². The van der Waals surface area contributed by atoms with Gasteiger partial charge in [0.1, 0.15) is 0 Å². The third kappa shape index (κ3) is 2.79. The standard InChI is InChI=1S/C13H17NOS/c1-9-2-5-11(8-9)14-13(15)10-3-6-12(16)7-4-10/h3-4,6-7,9,11,16H,2,5,8H2,1H3,(H,14,15). The lowest BCUT2D eigenvalue weighted by atomic mass is 10.1. The molecule has 0 heterocycles. The van der Waals surface area contributed by atoms with Gasteiger partial charge in [-0.15, -0.1) is 12.6 Å². The quantitative estimate of drug-likeness (QED) is 0.758. The van der Waals surface area contributed by atoms with Gasteiger partial charge in [0.2, 0.25) is 0 Å². The van der Waals surface area contributed by atoms with Gasteiger partial charge in [-0.3, -0.25) is 4.79 Å². The first-order valence-corrected chi connectivity index (χ1v) is 6.20. The van der Waals surface area contributed by atoms with Crippen LogP contribution in [-0.2, 0) is 0 Å². The van der Waals surface area contributed by atoms with Crippen molar-refractivity contribution in [2.45, 2.75) is 37.1 Å². The Bertz CT molecular complexity index is 374. The van der Waals surface area contributed by atoms with Crippen LogP contribution in [0.25, 0.3) is 0 Å². The van der Waals surface area contributed by atoms with Gasteiger partial charge >= 0.3 is 0 Å². The molecule has 0 bridgehead atoms. The summed E-state index contributed by atoms with van der Waals surface area (Å²) in [6.07, 6.45) is 3.44. The average molecular weight is 235 g/mol. The van der Waals surface area contributed by atoms with Gasteiger partial charge in [0.05, 0.1) is 0 Å². The van der Waals surface area contributed by atoms with Crippen LogP contribution in [0, 0.1) is 5.92 Å². The lowest BCUT2D eigenvalue weighted by Crippen LogP contribution is -2.32. The van der Waals surface area contributed by atoms with Crippen LogP contribution in [-0.4, -0.2) is 11.9 Å². The van der Waals surface area contributed by atoms with Crippen LogP contribution in [0.15, 0.2) is 29.2 Å². The Hall–Kier alpha value is -0.960. The minimum Gasteiger partial charge on any atom is -0.349 e. The first-order valence-electron chi connectivity index (χ1n) is 5.75. The van der Waals surface area contributed by atoms with Crippen molar-refractivity contribution in [1.82, 2.24) is 5.32 Å². The summed E-state index contributed by atoms with van der Waals surface area (Å²) in [7, 11) is 0. The molecule has 1 saturated carbocycles. The number of rotatable bonds is 2. The zero-order chi connectivity index (χ0) is 11.5. The van der Waals surface area contributed by atoms with Crippen molar-refractivity contribution in [2.75, 3.05) is 0 Å². The number of hydrogen-bond donors (Lipinski definition) is 2. The zero-order valence-electron chi connectivity index (χ0n) is 9.44. The monoisotopic (exact) mass is 235 g/mol. The van der Waals surface area contributed by atoms with Gasteiger partial charge in [0, 0.05) is 16.5 Å². The second-order valence-electron chi connectivity index (χ2n) is 4.64. The fourth-order valence-corrected chi connectivity index (χ4v) is 2.37. The van der Waals surface area contributed by atoms with E-state index in [1.807, 2.05) is 24.3 Å². The molecule has 2 unspecified atom stereocenters. The first kappa shape index (κ1) is 11.5. The van der Waals surface area contributed by atoms with Gasteiger partial charge in [-0.25, -0.2) is 0 Å². The Morgan fingerprint density at radius 1 is 1.31 bits per heavy atom. The van der Waals surface area contributed by atoms with Gasteiger partial charge in [-0.1, -0.05) is 6.92 Å². The Kier molecular flexibility index (Phi) is 3.54. The van der Waals surface area contributed by atoms with E-state index in [2.05, 4.69) is 24.9 Å². The Morgan fingerprint density at radius 3 is 2.56 bits per heavy atom. The lowest BCUT2D eigenvalue weighted by molar-refractivity contribution is 0.0937. The van der Waals surface area contributed by atoms with Crippen LogP contribution in [0.2, 0.25) is 0 Å². The molecular weight excluding hydrogens is 218 g/mol. The molecule has 2 rings (SSSR count). The van der Waals surface area contributed by atoms with Crippen molar-refractivity contribution in [1.29, 1.82) is 0 Å². The molecule has 3 heteroatoms. The number of benzene rings is 1. The Balaban J connectivity index is 1.95. The number of carbonyl (C=O) groups is 1. The highest BCUT2D eigenvalue weighted by Gasteiger charge is 2.22. The lowest BCUT2D eigenvalue weighted by Gasteiger charge is -2.12. The molecule has 0 saturated heterocycles. The molecule has 1 aliphatic rings. The molecule has 0 aliphatic heterocycles. The molecule has 1 N–H and O–H groups in total. The molecule has 1 fully saturated rings. The smallest absolute Gasteiger partial charge is 0.251 e. The predicted molar refractivity (Wildman–Crippen MR) is 68.0 cm³/mol. The van der Waals surface area contributed by atoms with Gasteiger partial charge in [0.25, 0.3) is 5.91 Å². The van der Waals surface area contributed by atoms with Crippen LogP contribution in [0.5, 0.6) is 0 Å². The van der Waals surface area contributed by atoms with Crippen LogP contribution in [0.1, 0.15) is 36.5 Å². The number of carbonyl (C=O) groups excluding carboxylic acids is 1. The highest BCUT2D eigenvalue weighted by molar-refractivity contribution is 7.80. The van der Waals surface area contributed by atoms with Crippen molar-refractivity contribution < 1.29 is 4.79 Å². The third-order valence-electron chi connectivity index (χ3n) is 3.16. The normalized spacial score (nSPS) is 24.4. The van der Waals surface area contributed by atoms with Crippen LogP contribution in [0.3, 0.4) is 0 Å². The van der Waals surface area contributed by atoms with Gasteiger partial charge in [-0.05, 0) is 49.4 Å². The Labute approximate surface area is 102 Å². The van der Waals surface area contributed by atoms with E-state index in [0.717, 1.165) is 29.2 Å². The molecule has 1 aromatic rings. The molecule has 2 atom stereocenters. The molecule has 0 radical (unpaired) electrons. The molecule has 16 heavy (non-hydrogen) atoms. The van der Waals surface area contributed by atoms with E-state index in [1.54, 1.807) is 0 Å². The summed E-state index contributed by atoms with van der Waals surface area (Å²) in [5, 5.41) is 3.08. The third-order valence-corrected chi connectivity index (χ3v) is 3.46. The summed E-state index contributed by atoms with van der Waals surface area (Å²) in [4.78, 5) is 12.8. The maximum atomic E-state index is 11.9. The van der Waals surface area contributed by atoms with Crippen molar-refractivity contribution in [2.24, 2.45) is 5.92 Å². The molecule has 0 aromatic heterocycles. The maximum absolute atomic E-state index is 11.9. The highest BCUT2D eigenvalue weighted by atomic mass is 32.1. The van der Waals surface area contributed by atoms with E-state index in [1.165, 1.54) is 6.42 Å². The van der Waals surface area contributed by atoms with E-state index < -0.39 is 0 Å². The second-order valence-corrected chi connectivity index (χ2v) is 5.15. The topological polar surface area (TPSA) is 29.1 Å². The summed E-state index contributed by atoms with van der Waals surface area (Å²) >= 11 is 4.20. The van der Waals surface area contributed by atoms with Crippen LogP contribution in [0.4, 0.5) is 0 Å². The van der Waals surface area contributed by atoms with E-state index >= 15 is 0 Å². The number of hydrogen-bond acceptors (Lipinski definition) is 2. The largest absolute Gasteiger partial charge is 0.349 e. The van der Waals surface area contributed by atoms with Gasteiger partial charge in [-0.2, -0.15) is 0 Å². The van der Waals surface area contributed by atoms with Crippen molar-refractivity contribution >= 4 is 18.5 Å². The summed E-state index contributed by atoms with van der Waals surface area (Å²) in [5.74, 6) is 0.776. The zero-order valence-corrected chi connectivity index (χ0v) is 10.3. The predicted octanol–water partition coefficient (Wildman–Crippen LogP) is 2.89. The number of amides is 1. The van der Waals surface area contributed by atoms with Crippen molar-refractivity contribution in [3.05, 3.63) is 29.8 Å². The van der Waals surface area contributed by atoms with Gasteiger partial charge in [0.15, 0.2) is 0 Å². The molecular formula is C13H17NOS. The Morgan fingerprint density at radius 2 is 2.00 bits per heavy atom. The van der Waals surface area contributed by atoms with E-state index in [4.69, 9.17) is 0 Å². The minimum atomic E-state index is 0.0347. The van der Waals surface area contributed by atoms with E-state index in [0.29, 0.717) is 6.04 Å². The van der Waals surface area contributed by atoms with Crippen molar-refractivity contribution in [3.8, 4) is 0 Å². The van der Waals surface area contributed by atoms with Gasteiger partial charge < -0.3 is 5.32 Å². The van der Waals surface area contributed by atoms with E-state index in [9.17, 15) is 4.79 Å². The summed E-state index contributed by atoms with van der Waals surface area (Å²) < 4.78 is 0. The SMILES string of the molecule is CC1CCC(NC(=O)c2ccc(S)cc2)C1. The first-order chi connectivity index (χ1) is 7.65. The second kappa shape index (κ2) is 4.91. The van der Waals surface area contributed by atoms with Crippen LogP contribution >= 0.6 is 12.6 Å². The molecule has 86 valence electrons. The number of thiol groups is 1. The minimum absolute atomic E-state index is 0.0347. The molecule has 1 amide bonds. The number of nitrogens with one attached hydrogen (secondary N) is 1. The van der Waals surface area contributed by atoms with Crippen molar-refractivity contribution in [3.63, 3.8) is 0 Å². The summed E-state index contributed by atoms with van der Waals surface area (Å²) in [6, 6.07) is 7.68. The van der Waals surface area contributed by atoms with E-state index in [-0.39, 0.29) is 5.91 Å². The average Bonchev–Trinajstić information content (AvgIpc) is 2.65. The maximum Gasteiger partial charge on any atom is 0.251 e.